The molecule has 0 bridgehead atoms. The molecule has 1 aliphatic carbocycles. The minimum absolute atomic E-state index is 0.0649. The van der Waals surface area contributed by atoms with Crippen molar-refractivity contribution < 1.29 is 8.95 Å². The number of nitrogens with zero attached hydrogens (tertiary/aromatic N) is 5. The highest BCUT2D eigenvalue weighted by molar-refractivity contribution is 7.83. The smallest absolute Gasteiger partial charge is 0.316 e. The fourth-order valence-corrected chi connectivity index (χ4v) is 5.55. The highest BCUT2D eigenvalue weighted by atomic mass is 32.2. The fraction of sp³-hybridized carbons (Fsp3) is 0.583. The molecule has 1 aromatic heterocycles. The summed E-state index contributed by atoms with van der Waals surface area (Å²) in [6.07, 6.45) is 6.02. The van der Waals surface area contributed by atoms with Crippen LogP contribution in [-0.2, 0) is 11.0 Å². The highest BCUT2D eigenvalue weighted by Crippen LogP contribution is 2.30. The van der Waals surface area contributed by atoms with Crippen LogP contribution in [-0.4, -0.2) is 69.9 Å². The molecule has 2 heterocycles. The molecule has 2 fully saturated rings. The molecular weight excluding hydrogens is 438 g/mol. The predicted octanol–water partition coefficient (Wildman–Crippen LogP) is 2.81. The Labute approximate surface area is 198 Å². The SMILES string of the molecule is CC(C)S(=O)N1CCN(c2cnn(-c3cccc(N(C)C)c3)c(=O)c2OC2CCCC2)CC1. The molecule has 2 aromatic rings. The second kappa shape index (κ2) is 10.3. The maximum Gasteiger partial charge on any atom is 0.316 e. The van der Waals surface area contributed by atoms with Gasteiger partial charge in [0.2, 0.25) is 5.75 Å². The van der Waals surface area contributed by atoms with E-state index in [0.29, 0.717) is 37.6 Å². The van der Waals surface area contributed by atoms with E-state index in [0.717, 1.165) is 37.1 Å². The van der Waals surface area contributed by atoms with Gasteiger partial charge in [0.25, 0.3) is 0 Å². The van der Waals surface area contributed by atoms with Crippen LogP contribution in [0.3, 0.4) is 0 Å². The molecule has 1 unspecified atom stereocenters. The van der Waals surface area contributed by atoms with Gasteiger partial charge in [0.1, 0.15) is 5.69 Å². The molecule has 1 atom stereocenters. The van der Waals surface area contributed by atoms with Gasteiger partial charge in [-0.05, 0) is 57.7 Å². The normalized spacial score (nSPS) is 18.6. The lowest BCUT2D eigenvalue weighted by atomic mass is 10.2. The highest BCUT2D eigenvalue weighted by Gasteiger charge is 2.28. The van der Waals surface area contributed by atoms with Crippen LogP contribution in [0, 0.1) is 0 Å². The minimum atomic E-state index is -0.988. The zero-order chi connectivity index (χ0) is 23.5. The zero-order valence-corrected chi connectivity index (χ0v) is 20.9. The molecule has 1 aromatic carbocycles. The lowest BCUT2D eigenvalue weighted by Crippen LogP contribution is -2.48. The van der Waals surface area contributed by atoms with E-state index >= 15 is 0 Å². The van der Waals surface area contributed by atoms with Crippen LogP contribution in [0.1, 0.15) is 39.5 Å². The van der Waals surface area contributed by atoms with Gasteiger partial charge in [-0.1, -0.05) is 6.07 Å². The topological polar surface area (TPSA) is 70.9 Å². The van der Waals surface area contributed by atoms with E-state index in [2.05, 4.69) is 10.00 Å². The van der Waals surface area contributed by atoms with Gasteiger partial charge in [0, 0.05) is 51.2 Å². The number of rotatable bonds is 7. The molecule has 0 spiro atoms. The molecule has 0 N–H and O–H groups in total. The third-order valence-corrected chi connectivity index (χ3v) is 8.01. The van der Waals surface area contributed by atoms with Crippen LogP contribution in [0.2, 0.25) is 0 Å². The van der Waals surface area contributed by atoms with Crippen molar-refractivity contribution >= 4 is 22.4 Å². The second-order valence-corrected chi connectivity index (χ2v) is 11.3. The molecule has 4 rings (SSSR count). The first-order chi connectivity index (χ1) is 15.8. The van der Waals surface area contributed by atoms with E-state index in [1.54, 1.807) is 6.20 Å². The summed E-state index contributed by atoms with van der Waals surface area (Å²) in [5, 5.41) is 4.63. The van der Waals surface area contributed by atoms with E-state index in [1.165, 1.54) is 4.68 Å². The molecule has 33 heavy (non-hydrogen) atoms. The summed E-state index contributed by atoms with van der Waals surface area (Å²) >= 11 is 0. The van der Waals surface area contributed by atoms with Crippen molar-refractivity contribution in [3.05, 3.63) is 40.8 Å². The number of hydrogen-bond donors (Lipinski definition) is 0. The average molecular weight is 474 g/mol. The first-order valence-corrected chi connectivity index (χ1v) is 13.0. The molecule has 2 aliphatic rings. The summed E-state index contributed by atoms with van der Waals surface area (Å²) in [4.78, 5) is 17.8. The lowest BCUT2D eigenvalue weighted by molar-refractivity contribution is 0.205. The molecule has 8 nitrogen and oxygen atoms in total. The molecule has 180 valence electrons. The Morgan fingerprint density at radius 1 is 1.12 bits per heavy atom. The summed E-state index contributed by atoms with van der Waals surface area (Å²) < 4.78 is 22.3. The third kappa shape index (κ3) is 5.24. The monoisotopic (exact) mass is 473 g/mol. The molecule has 0 radical (unpaired) electrons. The Morgan fingerprint density at radius 2 is 1.82 bits per heavy atom. The van der Waals surface area contributed by atoms with Crippen molar-refractivity contribution in [2.75, 3.05) is 50.1 Å². The largest absolute Gasteiger partial charge is 0.483 e. The second-order valence-electron chi connectivity index (χ2n) is 9.26. The number of ether oxygens (including phenoxy) is 1. The molecule has 1 aliphatic heterocycles. The third-order valence-electron chi connectivity index (χ3n) is 6.33. The number of hydrogen-bond acceptors (Lipinski definition) is 6. The molecule has 1 saturated heterocycles. The predicted molar refractivity (Wildman–Crippen MR) is 134 cm³/mol. The van der Waals surface area contributed by atoms with Crippen molar-refractivity contribution in [2.45, 2.75) is 50.9 Å². The Hall–Kier alpha value is -2.39. The molecular formula is C24H35N5O3S. The Balaban J connectivity index is 1.66. The standard InChI is InChI=1S/C24H35N5O3S/c1-18(2)33(31)28-14-12-27(13-15-28)22-17-25-29(20-9-7-8-19(16-20)26(3)4)24(30)23(22)32-21-10-5-6-11-21/h7-9,16-18,21H,5-6,10-15H2,1-4H3. The Kier molecular flexibility index (Phi) is 7.38. The number of anilines is 2. The van der Waals surface area contributed by atoms with Crippen LogP contribution in [0.5, 0.6) is 5.75 Å². The first kappa shape index (κ1) is 23.8. The summed E-state index contributed by atoms with van der Waals surface area (Å²) in [6, 6.07) is 7.77. The average Bonchev–Trinajstić information content (AvgIpc) is 3.33. The van der Waals surface area contributed by atoms with Crippen LogP contribution < -0.4 is 20.1 Å². The van der Waals surface area contributed by atoms with E-state index < -0.39 is 11.0 Å². The van der Waals surface area contributed by atoms with Gasteiger partial charge < -0.3 is 14.5 Å². The number of benzene rings is 1. The van der Waals surface area contributed by atoms with Crippen molar-refractivity contribution in [3.8, 4) is 11.4 Å². The van der Waals surface area contributed by atoms with Gasteiger partial charge in [-0.3, -0.25) is 4.79 Å². The van der Waals surface area contributed by atoms with Gasteiger partial charge in [-0.25, -0.2) is 8.51 Å². The van der Waals surface area contributed by atoms with Crippen LogP contribution in [0.25, 0.3) is 5.69 Å². The number of piperazine rings is 1. The Bertz CT molecular complexity index is 1040. The van der Waals surface area contributed by atoms with Crippen LogP contribution in [0.4, 0.5) is 11.4 Å². The van der Waals surface area contributed by atoms with Crippen molar-refractivity contribution in [1.29, 1.82) is 0 Å². The van der Waals surface area contributed by atoms with E-state index in [9.17, 15) is 9.00 Å². The van der Waals surface area contributed by atoms with E-state index in [4.69, 9.17) is 4.74 Å². The van der Waals surface area contributed by atoms with E-state index in [-0.39, 0.29) is 16.9 Å². The van der Waals surface area contributed by atoms with Gasteiger partial charge in [0.15, 0.2) is 0 Å². The summed E-state index contributed by atoms with van der Waals surface area (Å²) in [7, 11) is 2.95. The lowest BCUT2D eigenvalue weighted by Gasteiger charge is -2.36. The maximum absolute atomic E-state index is 13.6. The van der Waals surface area contributed by atoms with Gasteiger partial charge in [-0.2, -0.15) is 9.78 Å². The van der Waals surface area contributed by atoms with Crippen LogP contribution >= 0.6 is 0 Å². The van der Waals surface area contributed by atoms with Crippen LogP contribution in [0.15, 0.2) is 35.3 Å². The minimum Gasteiger partial charge on any atom is -0.483 e. The summed E-state index contributed by atoms with van der Waals surface area (Å²) in [6.45, 7) is 6.68. The summed E-state index contributed by atoms with van der Waals surface area (Å²) in [5.41, 5.74) is 2.22. The van der Waals surface area contributed by atoms with Crippen molar-refractivity contribution in [3.63, 3.8) is 0 Å². The van der Waals surface area contributed by atoms with Crippen molar-refractivity contribution in [2.24, 2.45) is 0 Å². The van der Waals surface area contributed by atoms with E-state index in [1.807, 2.05) is 61.4 Å². The van der Waals surface area contributed by atoms with Crippen molar-refractivity contribution in [1.82, 2.24) is 14.1 Å². The van der Waals surface area contributed by atoms with Gasteiger partial charge >= 0.3 is 5.56 Å². The van der Waals surface area contributed by atoms with Gasteiger partial charge in [-0.15, -0.1) is 0 Å². The zero-order valence-electron chi connectivity index (χ0n) is 20.1. The summed E-state index contributed by atoms with van der Waals surface area (Å²) in [5.74, 6) is 0.380. The maximum atomic E-state index is 13.6. The molecule has 9 heteroatoms. The quantitative estimate of drug-likeness (QED) is 0.616. The fourth-order valence-electron chi connectivity index (χ4n) is 4.43. The van der Waals surface area contributed by atoms with Gasteiger partial charge in [0.05, 0.1) is 29.0 Å². The first-order valence-electron chi connectivity index (χ1n) is 11.8. The Morgan fingerprint density at radius 3 is 2.45 bits per heavy atom. The number of aromatic nitrogens is 2. The molecule has 1 saturated carbocycles. The molecule has 0 amide bonds.